The fourth-order valence-electron chi connectivity index (χ4n) is 1.79. The molecule has 0 amide bonds. The molecule has 0 spiro atoms. The Morgan fingerprint density at radius 1 is 1.50 bits per heavy atom. The van der Waals surface area contributed by atoms with Gasteiger partial charge in [-0.15, -0.1) is 23.4 Å². The van der Waals surface area contributed by atoms with Gasteiger partial charge in [0.1, 0.15) is 0 Å². The zero-order valence-corrected chi connectivity index (χ0v) is 11.9. The average molecular weight is 273 g/mol. The van der Waals surface area contributed by atoms with Crippen molar-refractivity contribution in [2.75, 3.05) is 17.4 Å². The van der Waals surface area contributed by atoms with Gasteiger partial charge < -0.3 is 0 Å². The van der Waals surface area contributed by atoms with Crippen molar-refractivity contribution < 1.29 is 0 Å². The number of fused-ring (bicyclic) bond motifs is 1. The second kappa shape index (κ2) is 6.23. The van der Waals surface area contributed by atoms with E-state index in [0.29, 0.717) is 5.92 Å². The molecule has 1 aromatic rings. The van der Waals surface area contributed by atoms with Crippen molar-refractivity contribution >= 4 is 35.1 Å². The van der Waals surface area contributed by atoms with Gasteiger partial charge in [0.25, 0.3) is 0 Å². The standard InChI is InChI=1S/C13H17ClS2/c1-10(7-14)8-15-9-12-6-11-4-2-3-5-13(11)16-12/h2-5,10,12H,6-9H2,1H3. The van der Waals surface area contributed by atoms with Gasteiger partial charge in [-0.25, -0.2) is 0 Å². The Kier molecular flexibility index (Phi) is 4.93. The van der Waals surface area contributed by atoms with Crippen LogP contribution < -0.4 is 0 Å². The molecule has 0 radical (unpaired) electrons. The maximum Gasteiger partial charge on any atom is 0.0257 e. The van der Waals surface area contributed by atoms with Crippen LogP contribution in [0.3, 0.4) is 0 Å². The molecule has 0 nitrogen and oxygen atoms in total. The lowest BCUT2D eigenvalue weighted by atomic mass is 10.1. The average Bonchev–Trinajstić information content (AvgIpc) is 2.71. The number of benzene rings is 1. The van der Waals surface area contributed by atoms with Gasteiger partial charge in [0.05, 0.1) is 0 Å². The highest BCUT2D eigenvalue weighted by Crippen LogP contribution is 2.38. The molecule has 0 saturated carbocycles. The lowest BCUT2D eigenvalue weighted by molar-refractivity contribution is 0.758. The van der Waals surface area contributed by atoms with Gasteiger partial charge in [-0.1, -0.05) is 25.1 Å². The first-order chi connectivity index (χ1) is 7.79. The Hall–Kier alpha value is 0.210. The summed E-state index contributed by atoms with van der Waals surface area (Å²) in [6.07, 6.45) is 1.24. The third-order valence-electron chi connectivity index (χ3n) is 2.68. The molecular formula is C13H17ClS2. The Morgan fingerprint density at radius 3 is 3.06 bits per heavy atom. The topological polar surface area (TPSA) is 0 Å². The quantitative estimate of drug-likeness (QED) is 0.733. The molecule has 1 heterocycles. The number of hydrogen-bond acceptors (Lipinski definition) is 2. The van der Waals surface area contributed by atoms with Gasteiger partial charge in [0, 0.05) is 21.8 Å². The van der Waals surface area contributed by atoms with Gasteiger partial charge in [-0.05, 0) is 29.7 Å². The fourth-order valence-corrected chi connectivity index (χ4v) is 4.71. The molecular weight excluding hydrogens is 256 g/mol. The molecule has 3 heteroatoms. The van der Waals surface area contributed by atoms with E-state index < -0.39 is 0 Å². The van der Waals surface area contributed by atoms with Crippen LogP contribution in [-0.2, 0) is 6.42 Å². The highest BCUT2D eigenvalue weighted by Gasteiger charge is 2.21. The number of hydrogen-bond donors (Lipinski definition) is 0. The molecule has 0 aliphatic carbocycles. The summed E-state index contributed by atoms with van der Waals surface area (Å²) in [5, 5.41) is 0.768. The van der Waals surface area contributed by atoms with Crippen LogP contribution >= 0.6 is 35.1 Å². The van der Waals surface area contributed by atoms with Crippen LogP contribution in [-0.4, -0.2) is 22.6 Å². The molecule has 1 aromatic carbocycles. The smallest absolute Gasteiger partial charge is 0.0257 e. The molecule has 2 rings (SSSR count). The van der Waals surface area contributed by atoms with Gasteiger partial charge in [-0.2, -0.15) is 11.8 Å². The third-order valence-corrected chi connectivity index (χ3v) is 6.18. The first kappa shape index (κ1) is 12.7. The summed E-state index contributed by atoms with van der Waals surface area (Å²) < 4.78 is 0. The Bertz CT molecular complexity index is 315. The van der Waals surface area contributed by atoms with Crippen molar-refractivity contribution in [2.45, 2.75) is 23.5 Å². The highest BCUT2D eigenvalue weighted by atomic mass is 35.5. The Balaban J connectivity index is 1.75. The van der Waals surface area contributed by atoms with E-state index in [4.69, 9.17) is 11.6 Å². The molecule has 2 unspecified atom stereocenters. The predicted molar refractivity (Wildman–Crippen MR) is 77.0 cm³/mol. The molecule has 1 aliphatic heterocycles. The van der Waals surface area contributed by atoms with E-state index in [2.05, 4.69) is 31.2 Å². The van der Waals surface area contributed by atoms with E-state index >= 15 is 0 Å². The number of halogens is 1. The van der Waals surface area contributed by atoms with E-state index in [1.54, 1.807) is 0 Å². The second-order valence-electron chi connectivity index (χ2n) is 4.35. The summed E-state index contributed by atoms with van der Waals surface area (Å²) in [6.45, 7) is 2.22. The van der Waals surface area contributed by atoms with Crippen molar-refractivity contribution in [3.8, 4) is 0 Å². The van der Waals surface area contributed by atoms with Crippen molar-refractivity contribution in [1.82, 2.24) is 0 Å². The SMILES string of the molecule is CC(CCl)CSCC1Cc2ccccc2S1. The summed E-state index contributed by atoms with van der Waals surface area (Å²) in [7, 11) is 0. The summed E-state index contributed by atoms with van der Waals surface area (Å²) in [5.41, 5.74) is 1.53. The molecule has 0 saturated heterocycles. The molecule has 0 bridgehead atoms. The maximum atomic E-state index is 5.80. The molecule has 2 atom stereocenters. The van der Waals surface area contributed by atoms with Crippen molar-refractivity contribution in [2.24, 2.45) is 5.92 Å². The lowest BCUT2D eigenvalue weighted by Crippen LogP contribution is -2.07. The predicted octanol–water partition coefficient (Wildman–Crippen LogP) is 4.31. The maximum absolute atomic E-state index is 5.80. The van der Waals surface area contributed by atoms with Crippen molar-refractivity contribution in [3.05, 3.63) is 29.8 Å². The van der Waals surface area contributed by atoms with Crippen LogP contribution in [0.2, 0.25) is 0 Å². The molecule has 16 heavy (non-hydrogen) atoms. The van der Waals surface area contributed by atoms with Crippen LogP contribution in [0.25, 0.3) is 0 Å². The van der Waals surface area contributed by atoms with Crippen molar-refractivity contribution in [1.29, 1.82) is 0 Å². The lowest BCUT2D eigenvalue weighted by Gasteiger charge is -2.10. The third kappa shape index (κ3) is 3.35. The Labute approximate surface area is 112 Å². The first-order valence-electron chi connectivity index (χ1n) is 5.68. The summed E-state index contributed by atoms with van der Waals surface area (Å²) in [5.74, 6) is 3.86. The fraction of sp³-hybridized carbons (Fsp3) is 0.538. The zero-order chi connectivity index (χ0) is 11.4. The summed E-state index contributed by atoms with van der Waals surface area (Å²) in [4.78, 5) is 1.48. The van der Waals surface area contributed by atoms with Crippen LogP contribution in [0.4, 0.5) is 0 Å². The van der Waals surface area contributed by atoms with Crippen molar-refractivity contribution in [3.63, 3.8) is 0 Å². The number of alkyl halides is 1. The van der Waals surface area contributed by atoms with E-state index in [0.717, 1.165) is 11.1 Å². The number of rotatable bonds is 5. The van der Waals surface area contributed by atoms with Gasteiger partial charge >= 0.3 is 0 Å². The van der Waals surface area contributed by atoms with E-state index in [1.165, 1.54) is 28.4 Å². The van der Waals surface area contributed by atoms with Crippen LogP contribution in [0.5, 0.6) is 0 Å². The largest absolute Gasteiger partial charge is 0.161 e. The highest BCUT2D eigenvalue weighted by molar-refractivity contribution is 8.03. The zero-order valence-electron chi connectivity index (χ0n) is 9.49. The molecule has 1 aliphatic rings. The minimum absolute atomic E-state index is 0.639. The molecule has 0 fully saturated rings. The van der Waals surface area contributed by atoms with Gasteiger partial charge in [0.15, 0.2) is 0 Å². The molecule has 0 aromatic heterocycles. The van der Waals surface area contributed by atoms with E-state index in [9.17, 15) is 0 Å². The molecule has 0 N–H and O–H groups in total. The summed E-state index contributed by atoms with van der Waals surface area (Å²) >= 11 is 9.89. The van der Waals surface area contributed by atoms with Gasteiger partial charge in [-0.3, -0.25) is 0 Å². The van der Waals surface area contributed by atoms with Crippen LogP contribution in [0.1, 0.15) is 12.5 Å². The Morgan fingerprint density at radius 2 is 2.31 bits per heavy atom. The van der Waals surface area contributed by atoms with E-state index in [-0.39, 0.29) is 0 Å². The summed E-state index contributed by atoms with van der Waals surface area (Å²) in [6, 6.07) is 8.78. The normalized spacial score (nSPS) is 20.8. The van der Waals surface area contributed by atoms with E-state index in [1.807, 2.05) is 23.5 Å². The minimum Gasteiger partial charge on any atom is -0.161 e. The van der Waals surface area contributed by atoms with Gasteiger partial charge in [0.2, 0.25) is 0 Å². The van der Waals surface area contributed by atoms with Crippen LogP contribution in [0, 0.1) is 5.92 Å². The molecule has 88 valence electrons. The monoisotopic (exact) mass is 272 g/mol. The second-order valence-corrected chi connectivity index (χ2v) is 7.07. The minimum atomic E-state index is 0.639. The first-order valence-corrected chi connectivity index (χ1v) is 8.24. The van der Waals surface area contributed by atoms with Crippen LogP contribution in [0.15, 0.2) is 29.2 Å². The number of thioether (sulfide) groups is 2.